The van der Waals surface area contributed by atoms with Gasteiger partial charge in [0.05, 0.1) is 10.5 Å². The van der Waals surface area contributed by atoms with Gasteiger partial charge in [0.1, 0.15) is 0 Å². The molecule has 1 saturated carbocycles. The second kappa shape index (κ2) is 7.62. The predicted molar refractivity (Wildman–Crippen MR) is 94.9 cm³/mol. The van der Waals surface area contributed by atoms with Crippen LogP contribution in [-0.2, 0) is 4.79 Å². The van der Waals surface area contributed by atoms with Crippen molar-refractivity contribution in [1.82, 2.24) is 5.32 Å². The SMILES string of the molecule is O=C(N[C@H]1CCC[C@H]1C(=O)O)c1ccc(C2SCCCS2)cc1. The molecule has 2 aliphatic rings. The molecule has 6 heteroatoms. The second-order valence-corrected chi connectivity index (χ2v) is 8.73. The molecular weight excluding hydrogens is 330 g/mol. The molecule has 0 aromatic heterocycles. The van der Waals surface area contributed by atoms with Gasteiger partial charge in [-0.3, -0.25) is 9.59 Å². The molecule has 0 spiro atoms. The number of carboxylic acids is 1. The van der Waals surface area contributed by atoms with Crippen LogP contribution in [0.15, 0.2) is 24.3 Å². The van der Waals surface area contributed by atoms with E-state index in [4.69, 9.17) is 0 Å². The Morgan fingerprint density at radius 1 is 1.04 bits per heavy atom. The van der Waals surface area contributed by atoms with Crippen molar-refractivity contribution in [3.63, 3.8) is 0 Å². The summed E-state index contributed by atoms with van der Waals surface area (Å²) in [5.41, 5.74) is 1.86. The fourth-order valence-electron chi connectivity index (χ4n) is 3.15. The molecule has 1 aliphatic carbocycles. The van der Waals surface area contributed by atoms with Crippen LogP contribution in [-0.4, -0.2) is 34.5 Å². The number of hydrogen-bond acceptors (Lipinski definition) is 4. The minimum atomic E-state index is -0.811. The number of rotatable bonds is 4. The van der Waals surface area contributed by atoms with Crippen molar-refractivity contribution in [1.29, 1.82) is 0 Å². The van der Waals surface area contributed by atoms with E-state index in [1.54, 1.807) is 0 Å². The van der Waals surface area contributed by atoms with Gasteiger partial charge >= 0.3 is 5.97 Å². The maximum absolute atomic E-state index is 12.3. The zero-order chi connectivity index (χ0) is 16.2. The van der Waals surface area contributed by atoms with Gasteiger partial charge in [-0.15, -0.1) is 23.5 Å². The van der Waals surface area contributed by atoms with Crippen LogP contribution >= 0.6 is 23.5 Å². The highest BCUT2D eigenvalue weighted by Crippen LogP contribution is 2.43. The highest BCUT2D eigenvalue weighted by molar-refractivity contribution is 8.16. The lowest BCUT2D eigenvalue weighted by molar-refractivity contribution is -0.142. The van der Waals surface area contributed by atoms with Crippen molar-refractivity contribution in [3.05, 3.63) is 35.4 Å². The van der Waals surface area contributed by atoms with E-state index < -0.39 is 11.9 Å². The Kier molecular flexibility index (Phi) is 5.54. The van der Waals surface area contributed by atoms with Crippen LogP contribution in [0.4, 0.5) is 0 Å². The fraction of sp³-hybridized carbons (Fsp3) is 0.529. The highest BCUT2D eigenvalue weighted by Gasteiger charge is 2.34. The largest absolute Gasteiger partial charge is 0.481 e. The number of carbonyl (C=O) groups excluding carboxylic acids is 1. The van der Waals surface area contributed by atoms with Crippen LogP contribution in [0.1, 0.15) is 46.2 Å². The smallest absolute Gasteiger partial charge is 0.308 e. The molecule has 2 atom stereocenters. The molecule has 2 N–H and O–H groups in total. The minimum Gasteiger partial charge on any atom is -0.481 e. The molecular formula is C17H21NO3S2. The van der Waals surface area contributed by atoms with Crippen molar-refractivity contribution in [2.75, 3.05) is 11.5 Å². The van der Waals surface area contributed by atoms with E-state index in [1.165, 1.54) is 23.5 Å². The molecule has 23 heavy (non-hydrogen) atoms. The van der Waals surface area contributed by atoms with E-state index in [-0.39, 0.29) is 11.9 Å². The van der Waals surface area contributed by atoms with Crippen molar-refractivity contribution >= 4 is 35.4 Å². The summed E-state index contributed by atoms with van der Waals surface area (Å²) in [7, 11) is 0. The third-order valence-electron chi connectivity index (χ3n) is 4.42. The number of nitrogens with one attached hydrogen (secondary N) is 1. The molecule has 2 fully saturated rings. The normalized spacial score (nSPS) is 25.2. The minimum absolute atomic E-state index is 0.168. The van der Waals surface area contributed by atoms with Crippen molar-refractivity contribution in [2.45, 2.75) is 36.3 Å². The summed E-state index contributed by atoms with van der Waals surface area (Å²) in [5.74, 6) is 0.956. The number of amides is 1. The summed E-state index contributed by atoms with van der Waals surface area (Å²) in [4.78, 5) is 23.5. The lowest BCUT2D eigenvalue weighted by Crippen LogP contribution is -2.40. The van der Waals surface area contributed by atoms with Crippen molar-refractivity contribution in [3.8, 4) is 0 Å². The lowest BCUT2D eigenvalue weighted by atomic mass is 10.0. The summed E-state index contributed by atoms with van der Waals surface area (Å²) < 4.78 is 0.465. The molecule has 4 nitrogen and oxygen atoms in total. The van der Waals surface area contributed by atoms with Crippen LogP contribution in [0.5, 0.6) is 0 Å². The molecule has 124 valence electrons. The Morgan fingerprint density at radius 2 is 1.74 bits per heavy atom. The van der Waals surface area contributed by atoms with Gasteiger partial charge in [-0.25, -0.2) is 0 Å². The van der Waals surface area contributed by atoms with Crippen LogP contribution in [0.2, 0.25) is 0 Å². The molecule has 1 amide bonds. The standard InChI is InChI=1S/C17H21NO3S2/c19-15(18-14-4-1-3-13(14)16(20)21)11-5-7-12(8-6-11)17-22-9-2-10-23-17/h5-8,13-14,17H,1-4,9-10H2,(H,18,19)(H,20,21)/t13-,14+/m1/s1. The number of aliphatic carboxylic acids is 1. The van der Waals surface area contributed by atoms with Gasteiger partial charge in [-0.1, -0.05) is 18.6 Å². The quantitative estimate of drug-likeness (QED) is 0.868. The highest BCUT2D eigenvalue weighted by atomic mass is 32.2. The van der Waals surface area contributed by atoms with Gasteiger partial charge in [0.25, 0.3) is 5.91 Å². The fourth-order valence-corrected chi connectivity index (χ4v) is 6.05. The Balaban J connectivity index is 1.62. The Bertz CT molecular complexity index is 570. The molecule has 0 bridgehead atoms. The molecule has 1 aromatic rings. The first-order valence-electron chi connectivity index (χ1n) is 8.02. The van der Waals surface area contributed by atoms with E-state index in [0.717, 1.165) is 12.8 Å². The Morgan fingerprint density at radius 3 is 2.39 bits per heavy atom. The molecule has 0 radical (unpaired) electrons. The maximum Gasteiger partial charge on any atom is 0.308 e. The number of thioether (sulfide) groups is 2. The van der Waals surface area contributed by atoms with Gasteiger partial charge in [0.15, 0.2) is 0 Å². The zero-order valence-electron chi connectivity index (χ0n) is 12.9. The number of hydrogen-bond donors (Lipinski definition) is 2. The monoisotopic (exact) mass is 351 g/mol. The second-order valence-electron chi connectivity index (χ2n) is 6.00. The van der Waals surface area contributed by atoms with Gasteiger partial charge in [0, 0.05) is 11.6 Å². The first kappa shape index (κ1) is 16.7. The van der Waals surface area contributed by atoms with E-state index >= 15 is 0 Å². The maximum atomic E-state index is 12.3. The van der Waals surface area contributed by atoms with Crippen molar-refractivity contribution in [2.24, 2.45) is 5.92 Å². The summed E-state index contributed by atoms with van der Waals surface area (Å²) >= 11 is 3.91. The lowest BCUT2D eigenvalue weighted by Gasteiger charge is -2.21. The van der Waals surface area contributed by atoms with Gasteiger partial charge in [-0.2, -0.15) is 0 Å². The summed E-state index contributed by atoms with van der Waals surface area (Å²) in [5, 5.41) is 12.1. The zero-order valence-corrected chi connectivity index (χ0v) is 14.5. The third-order valence-corrected chi connectivity index (χ3v) is 7.44. The molecule has 1 saturated heterocycles. The summed E-state index contributed by atoms with van der Waals surface area (Å²) in [6.45, 7) is 0. The average molecular weight is 351 g/mol. The third kappa shape index (κ3) is 4.04. The molecule has 1 heterocycles. The van der Waals surface area contributed by atoms with Gasteiger partial charge in [0.2, 0.25) is 0 Å². The van der Waals surface area contributed by atoms with Gasteiger partial charge in [-0.05, 0) is 48.5 Å². The van der Waals surface area contributed by atoms with Gasteiger partial charge < -0.3 is 10.4 Å². The number of carbonyl (C=O) groups is 2. The number of benzene rings is 1. The Labute approximate surface area is 144 Å². The first-order valence-corrected chi connectivity index (χ1v) is 10.1. The summed E-state index contributed by atoms with van der Waals surface area (Å²) in [6, 6.07) is 7.50. The van der Waals surface area contributed by atoms with Crippen LogP contribution in [0.3, 0.4) is 0 Å². The molecule has 0 unspecified atom stereocenters. The van der Waals surface area contributed by atoms with E-state index in [2.05, 4.69) is 5.32 Å². The Hall–Kier alpha value is -1.14. The molecule has 3 rings (SSSR count). The predicted octanol–water partition coefficient (Wildman–Crippen LogP) is 3.54. The van der Waals surface area contributed by atoms with Crippen LogP contribution in [0, 0.1) is 5.92 Å². The van der Waals surface area contributed by atoms with E-state index in [0.29, 0.717) is 16.6 Å². The van der Waals surface area contributed by atoms with E-state index in [1.807, 2.05) is 47.8 Å². The van der Waals surface area contributed by atoms with Crippen LogP contribution in [0.25, 0.3) is 0 Å². The first-order chi connectivity index (χ1) is 11.1. The van der Waals surface area contributed by atoms with Crippen molar-refractivity contribution < 1.29 is 14.7 Å². The molecule has 1 aliphatic heterocycles. The topological polar surface area (TPSA) is 66.4 Å². The van der Waals surface area contributed by atoms with Crippen LogP contribution < -0.4 is 5.32 Å². The average Bonchev–Trinajstić information content (AvgIpc) is 3.04. The van der Waals surface area contributed by atoms with E-state index in [9.17, 15) is 14.7 Å². The number of carboxylic acid groups (broad SMARTS) is 1. The summed E-state index contributed by atoms with van der Waals surface area (Å²) in [6.07, 6.45) is 3.51. The molecule has 1 aromatic carbocycles.